The van der Waals surface area contributed by atoms with Gasteiger partial charge in [-0.2, -0.15) is 4.99 Å². The summed E-state index contributed by atoms with van der Waals surface area (Å²) in [6.07, 6.45) is -13.0. The first-order valence-corrected chi connectivity index (χ1v) is 15.7. The average molecular weight is 747 g/mol. The predicted octanol–water partition coefficient (Wildman–Crippen LogP) is -1.22. The van der Waals surface area contributed by atoms with Gasteiger partial charge in [-0.1, -0.05) is 0 Å². The molecule has 0 aromatic carbocycles. The summed E-state index contributed by atoms with van der Waals surface area (Å²) in [4.78, 5) is 117. The highest BCUT2D eigenvalue weighted by Gasteiger charge is 2.74. The highest BCUT2D eigenvalue weighted by molar-refractivity contribution is 5.96. The number of esters is 8. The van der Waals surface area contributed by atoms with Crippen LogP contribution in [0.15, 0.2) is 4.99 Å². The lowest BCUT2D eigenvalue weighted by atomic mass is 10.0. The number of fused-ring (bicyclic) bond motifs is 1. The van der Waals surface area contributed by atoms with Crippen LogP contribution in [0.2, 0.25) is 0 Å². The minimum absolute atomic E-state index is 0.599. The normalized spacial score (nSPS) is 31.2. The molecule has 3 aliphatic rings. The van der Waals surface area contributed by atoms with Crippen LogP contribution in [0.5, 0.6) is 0 Å². The Balaban J connectivity index is 2.30. The number of ether oxygens (including phenoxy) is 10. The van der Waals surface area contributed by atoms with Crippen molar-refractivity contribution >= 4 is 59.7 Å². The van der Waals surface area contributed by atoms with Crippen LogP contribution in [0.4, 0.5) is 0 Å². The third-order valence-electron chi connectivity index (χ3n) is 7.61. The molecule has 21 heteroatoms. The van der Waals surface area contributed by atoms with Crippen molar-refractivity contribution in [3.63, 3.8) is 0 Å². The first kappa shape index (κ1) is 41.1. The van der Waals surface area contributed by atoms with Gasteiger partial charge in [-0.3, -0.25) is 48.1 Å². The number of carbonyl (C=O) groups is 9. The average Bonchev–Trinajstić information content (AvgIpc) is 3.46. The van der Waals surface area contributed by atoms with Crippen LogP contribution in [0.1, 0.15) is 62.3 Å². The second-order valence-electron chi connectivity index (χ2n) is 11.9. The third-order valence-corrected chi connectivity index (χ3v) is 7.61. The molecule has 0 aromatic heterocycles. The Morgan fingerprint density at radius 1 is 0.615 bits per heavy atom. The largest absolute Gasteiger partial charge is 0.463 e. The molecule has 0 unspecified atom stereocenters. The number of aliphatic imine (C=N–C) groups is 1. The maximum absolute atomic E-state index is 13.5. The van der Waals surface area contributed by atoms with Gasteiger partial charge >= 0.3 is 47.8 Å². The van der Waals surface area contributed by atoms with E-state index in [-0.39, 0.29) is 0 Å². The molecule has 3 rings (SSSR count). The van der Waals surface area contributed by atoms with Gasteiger partial charge in [0, 0.05) is 62.3 Å². The fourth-order valence-electron chi connectivity index (χ4n) is 6.18. The van der Waals surface area contributed by atoms with Crippen molar-refractivity contribution in [3.8, 4) is 0 Å². The number of hydrogen-bond donors (Lipinski definition) is 0. The molecule has 1 amide bonds. The molecule has 2 heterocycles. The summed E-state index contributed by atoms with van der Waals surface area (Å²) in [5.74, 6) is -8.12. The smallest absolute Gasteiger partial charge is 0.303 e. The van der Waals surface area contributed by atoms with Crippen molar-refractivity contribution < 1.29 is 90.5 Å². The van der Waals surface area contributed by atoms with Gasteiger partial charge < -0.3 is 47.4 Å². The summed E-state index contributed by atoms with van der Waals surface area (Å²) in [5, 5.41) is 0. The summed E-state index contributed by atoms with van der Waals surface area (Å²) in [7, 11) is 0. The molecule has 52 heavy (non-hydrogen) atoms. The molecule has 1 saturated carbocycles. The van der Waals surface area contributed by atoms with Gasteiger partial charge in [0.25, 0.3) is 6.02 Å². The molecule has 2 saturated heterocycles. The van der Waals surface area contributed by atoms with Gasteiger partial charge in [0.2, 0.25) is 11.5 Å². The number of rotatable bonds is 11. The SMILES string of the molecule is CC(=O)OC[C@H]1O[13C@H](/N=C2\O[C@@H]3[C@@H](OC(C)=O)[C@H](OC(C)=O)[C@@](COC(C)=O)(OC(C)=O)[13C@@H]3N2C(C)=O)[C@H](OC(C)=O)[C@@H](OC(C)=O)[C@@H]1OC(C)=O. The van der Waals surface area contributed by atoms with Crippen LogP contribution in [0, 0.1) is 0 Å². The highest BCUT2D eigenvalue weighted by atomic mass is 16.7. The van der Waals surface area contributed by atoms with Crippen molar-refractivity contribution in [2.75, 3.05) is 13.2 Å². The van der Waals surface area contributed by atoms with Crippen molar-refractivity contribution in [1.29, 1.82) is 0 Å². The van der Waals surface area contributed by atoms with E-state index in [1.807, 2.05) is 0 Å². The first-order valence-electron chi connectivity index (χ1n) is 15.7. The molecule has 1 aliphatic carbocycles. The molecule has 0 bridgehead atoms. The van der Waals surface area contributed by atoms with Gasteiger partial charge in [-0.25, -0.2) is 0 Å². The second kappa shape index (κ2) is 16.8. The van der Waals surface area contributed by atoms with Gasteiger partial charge in [-0.05, 0) is 0 Å². The van der Waals surface area contributed by atoms with E-state index < -0.39 is 133 Å². The Hall–Kier alpha value is -5.34. The zero-order valence-corrected chi connectivity index (χ0v) is 29.8. The van der Waals surface area contributed by atoms with Crippen LogP contribution in [0.3, 0.4) is 0 Å². The Morgan fingerprint density at radius 3 is 1.60 bits per heavy atom. The Bertz CT molecular complexity index is 1510. The minimum atomic E-state index is -2.29. The van der Waals surface area contributed by atoms with E-state index in [1.165, 1.54) is 0 Å². The molecule has 3 fully saturated rings. The van der Waals surface area contributed by atoms with Crippen LogP contribution in [-0.2, 0) is 90.5 Å². The van der Waals surface area contributed by atoms with E-state index in [1.54, 1.807) is 0 Å². The number of nitrogens with zero attached hydrogens (tertiary/aromatic N) is 2. The lowest BCUT2D eigenvalue weighted by Gasteiger charge is -2.43. The maximum Gasteiger partial charge on any atom is 0.303 e. The molecular weight excluding hydrogens is 706 g/mol. The molecule has 288 valence electrons. The van der Waals surface area contributed by atoms with Gasteiger partial charge in [0.1, 0.15) is 25.4 Å². The van der Waals surface area contributed by atoms with E-state index in [2.05, 4.69) is 4.99 Å². The van der Waals surface area contributed by atoms with Crippen LogP contribution < -0.4 is 0 Å². The molecular formula is C31H40N2O19. The van der Waals surface area contributed by atoms with E-state index in [9.17, 15) is 43.2 Å². The number of amides is 1. The first-order chi connectivity index (χ1) is 24.2. The maximum atomic E-state index is 13.5. The van der Waals surface area contributed by atoms with Gasteiger partial charge in [0.05, 0.1) is 0 Å². The summed E-state index contributed by atoms with van der Waals surface area (Å²) in [5.41, 5.74) is -2.29. The van der Waals surface area contributed by atoms with E-state index in [0.29, 0.717) is 0 Å². The third kappa shape index (κ3) is 9.50. The lowest BCUT2D eigenvalue weighted by Crippen LogP contribution is -2.63. The second-order valence-corrected chi connectivity index (χ2v) is 11.9. The minimum Gasteiger partial charge on any atom is -0.463 e. The molecule has 0 spiro atoms. The monoisotopic (exact) mass is 746 g/mol. The summed E-state index contributed by atoms with van der Waals surface area (Å²) < 4.78 is 55.3. The molecule has 10 atom stereocenters. The number of hydrogen-bond acceptors (Lipinski definition) is 20. The van der Waals surface area contributed by atoms with Crippen LogP contribution in [0.25, 0.3) is 0 Å². The Kier molecular flexibility index (Phi) is 13.3. The summed E-state index contributed by atoms with van der Waals surface area (Å²) in [6, 6.07) is -2.23. The number of amidine groups is 1. The van der Waals surface area contributed by atoms with Crippen molar-refractivity contribution in [2.24, 2.45) is 4.99 Å². The van der Waals surface area contributed by atoms with Gasteiger partial charge in [0.15, 0.2) is 42.9 Å². The quantitative estimate of drug-likeness (QED) is 0.136. The van der Waals surface area contributed by atoms with E-state index >= 15 is 0 Å². The molecule has 21 nitrogen and oxygen atoms in total. The van der Waals surface area contributed by atoms with E-state index in [4.69, 9.17) is 47.4 Å². The fraction of sp³-hybridized carbons (Fsp3) is 0.677. The van der Waals surface area contributed by atoms with Crippen molar-refractivity contribution in [1.82, 2.24) is 4.90 Å². The zero-order chi connectivity index (χ0) is 39.2. The molecule has 2 aliphatic heterocycles. The number of carbonyl (C=O) groups excluding carboxylic acids is 9. The molecule has 0 radical (unpaired) electrons. The predicted molar refractivity (Wildman–Crippen MR) is 163 cm³/mol. The Labute approximate surface area is 296 Å². The van der Waals surface area contributed by atoms with Crippen LogP contribution >= 0.6 is 0 Å². The zero-order valence-electron chi connectivity index (χ0n) is 29.8. The molecule has 0 aromatic rings. The standard InChI is InChI=1S/C31H40N2O19/c1-12(34)33-27-24(25(47-17(6)39)28(49-19(8)41)31(27,52-20(9)42)11-44-14(3)36)51-30(33)32-29-26(48-18(7)40)23(46-16(5)38)22(45-15(4)37)21(50-29)10-43-13(2)35/h21-29H,10-11H2,1-9H3/b32-30-/t21-,22-,23+,24-,25-,26-,27-,28+,29+,31+/m1/s1/i27+1,29+1. The van der Waals surface area contributed by atoms with Gasteiger partial charge in [-0.15, -0.1) is 0 Å². The molecule has 0 N–H and O–H groups in total. The van der Waals surface area contributed by atoms with Crippen LogP contribution in [-0.4, -0.2) is 138 Å². The van der Waals surface area contributed by atoms with Crippen molar-refractivity contribution in [3.05, 3.63) is 0 Å². The van der Waals surface area contributed by atoms with E-state index in [0.717, 1.165) is 67.2 Å². The lowest BCUT2D eigenvalue weighted by molar-refractivity contribution is -0.251. The van der Waals surface area contributed by atoms with Crippen molar-refractivity contribution in [2.45, 2.75) is 123 Å². The topological polar surface area (TPSA) is 262 Å². The Morgan fingerprint density at radius 2 is 1.12 bits per heavy atom. The highest BCUT2D eigenvalue weighted by Crippen LogP contribution is 2.47. The fourth-order valence-corrected chi connectivity index (χ4v) is 6.18. The summed E-state index contributed by atoms with van der Waals surface area (Å²) >= 11 is 0. The summed E-state index contributed by atoms with van der Waals surface area (Å²) in [6.45, 7) is 7.75.